The van der Waals surface area contributed by atoms with Gasteiger partial charge in [0.05, 0.1) is 23.7 Å². The molecule has 0 amide bonds. The van der Waals surface area contributed by atoms with E-state index in [2.05, 4.69) is 24.0 Å². The first-order valence-electron chi connectivity index (χ1n) is 6.06. The number of thioether (sulfide) groups is 1. The van der Waals surface area contributed by atoms with E-state index < -0.39 is 0 Å². The normalized spacial score (nSPS) is 9.56. The molecule has 0 atom stereocenters. The van der Waals surface area contributed by atoms with Gasteiger partial charge in [0.25, 0.3) is 0 Å². The fourth-order valence-electron chi connectivity index (χ4n) is 1.81. The average molecular weight is 259 g/mol. The second kappa shape index (κ2) is 7.63. The number of hydrogen-bond donors (Lipinski definition) is 0. The van der Waals surface area contributed by atoms with Gasteiger partial charge in [0, 0.05) is 18.0 Å². The molecule has 1 rings (SSSR count). The first-order chi connectivity index (χ1) is 8.78. The third-order valence-electron chi connectivity index (χ3n) is 2.63. The first-order valence-corrected chi connectivity index (χ1v) is 7.04. The quantitative estimate of drug-likeness (QED) is 0.735. The molecule has 0 bridgehead atoms. The van der Waals surface area contributed by atoms with Crippen LogP contribution < -0.4 is 4.90 Å². The Morgan fingerprint density at radius 2 is 2.06 bits per heavy atom. The second-order valence-electron chi connectivity index (χ2n) is 3.68. The minimum Gasteiger partial charge on any atom is -0.370 e. The smallest absolute Gasteiger partial charge is 0.103 e. The summed E-state index contributed by atoms with van der Waals surface area (Å²) in [6, 6.07) is 10.4. The lowest BCUT2D eigenvalue weighted by Gasteiger charge is -2.23. The molecule has 0 fully saturated rings. The minimum atomic E-state index is 0.476. The van der Waals surface area contributed by atoms with Gasteiger partial charge in [-0.3, -0.25) is 0 Å². The zero-order valence-corrected chi connectivity index (χ0v) is 11.6. The summed E-state index contributed by atoms with van der Waals surface area (Å²) in [6.07, 6.45) is 0.476. The van der Waals surface area contributed by atoms with Crippen molar-refractivity contribution in [3.05, 3.63) is 23.8 Å². The third kappa shape index (κ3) is 3.42. The van der Waals surface area contributed by atoms with Gasteiger partial charge in [0.15, 0.2) is 0 Å². The maximum Gasteiger partial charge on any atom is 0.103 e. The summed E-state index contributed by atoms with van der Waals surface area (Å²) in [5, 5.41) is 18.0. The van der Waals surface area contributed by atoms with E-state index >= 15 is 0 Å². The fourth-order valence-corrected chi connectivity index (χ4v) is 2.59. The number of nitrogens with zero attached hydrogens (tertiary/aromatic N) is 3. The summed E-state index contributed by atoms with van der Waals surface area (Å²) in [6.45, 7) is 5.59. The predicted octanol–water partition coefficient (Wildman–Crippen LogP) is 3.41. The van der Waals surface area contributed by atoms with Gasteiger partial charge in [-0.1, -0.05) is 13.0 Å². The zero-order valence-electron chi connectivity index (χ0n) is 10.8. The van der Waals surface area contributed by atoms with Gasteiger partial charge < -0.3 is 4.90 Å². The van der Waals surface area contributed by atoms with E-state index in [9.17, 15) is 5.26 Å². The molecule has 0 saturated carbocycles. The Hall–Kier alpha value is -1.65. The molecule has 0 saturated heterocycles. The van der Waals surface area contributed by atoms with Gasteiger partial charge in [-0.2, -0.15) is 10.5 Å². The molecule has 0 aliphatic heterocycles. The van der Waals surface area contributed by atoms with E-state index in [1.807, 2.05) is 25.1 Å². The Balaban J connectivity index is 3.10. The van der Waals surface area contributed by atoms with Crippen LogP contribution in [0.5, 0.6) is 0 Å². The van der Waals surface area contributed by atoms with E-state index in [1.54, 1.807) is 11.8 Å². The SMILES string of the molecule is CCSc1cccc(N(CC)CCC#N)c1C#N. The highest BCUT2D eigenvalue weighted by Crippen LogP contribution is 2.30. The van der Waals surface area contributed by atoms with Crippen LogP contribution in [0, 0.1) is 22.7 Å². The highest BCUT2D eigenvalue weighted by atomic mass is 32.2. The van der Waals surface area contributed by atoms with Crippen LogP contribution in [0.25, 0.3) is 0 Å². The van der Waals surface area contributed by atoms with Crippen molar-refractivity contribution in [2.24, 2.45) is 0 Å². The molecule has 94 valence electrons. The van der Waals surface area contributed by atoms with E-state index in [-0.39, 0.29) is 0 Å². The van der Waals surface area contributed by atoms with Crippen LogP contribution in [0.4, 0.5) is 5.69 Å². The van der Waals surface area contributed by atoms with Crippen LogP contribution in [0.3, 0.4) is 0 Å². The van der Waals surface area contributed by atoms with Crippen molar-refractivity contribution in [2.75, 3.05) is 23.7 Å². The van der Waals surface area contributed by atoms with E-state index in [0.29, 0.717) is 13.0 Å². The van der Waals surface area contributed by atoms with Crippen LogP contribution >= 0.6 is 11.8 Å². The van der Waals surface area contributed by atoms with E-state index in [1.165, 1.54) is 0 Å². The lowest BCUT2D eigenvalue weighted by atomic mass is 10.1. The number of hydrogen-bond acceptors (Lipinski definition) is 4. The predicted molar refractivity (Wildman–Crippen MR) is 75.7 cm³/mol. The van der Waals surface area contributed by atoms with Gasteiger partial charge in [-0.15, -0.1) is 11.8 Å². The molecule has 0 radical (unpaired) electrons. The van der Waals surface area contributed by atoms with E-state index in [0.717, 1.165) is 28.4 Å². The molecular weight excluding hydrogens is 242 g/mol. The molecule has 4 heteroatoms. The standard InChI is InChI=1S/C14H17N3S/c1-3-17(10-6-9-15)13-7-5-8-14(18-4-2)12(13)11-16/h5,7-8H,3-4,6,10H2,1-2H3. The summed E-state index contributed by atoms with van der Waals surface area (Å²) in [4.78, 5) is 3.11. The molecule has 1 aromatic carbocycles. The van der Waals surface area contributed by atoms with Crippen molar-refractivity contribution in [1.82, 2.24) is 0 Å². The molecule has 0 N–H and O–H groups in total. The van der Waals surface area contributed by atoms with Gasteiger partial charge in [0.2, 0.25) is 0 Å². The van der Waals surface area contributed by atoms with Crippen molar-refractivity contribution < 1.29 is 0 Å². The summed E-state index contributed by atoms with van der Waals surface area (Å²) >= 11 is 1.68. The second-order valence-corrected chi connectivity index (χ2v) is 4.99. The van der Waals surface area contributed by atoms with Crippen LogP contribution in [0.2, 0.25) is 0 Å². The topological polar surface area (TPSA) is 50.8 Å². The average Bonchev–Trinajstić information content (AvgIpc) is 2.40. The maximum atomic E-state index is 9.34. The van der Waals surface area contributed by atoms with Gasteiger partial charge >= 0.3 is 0 Å². The molecule has 0 aliphatic carbocycles. The summed E-state index contributed by atoms with van der Waals surface area (Å²) in [5.41, 5.74) is 1.66. The highest BCUT2D eigenvalue weighted by molar-refractivity contribution is 7.99. The molecule has 18 heavy (non-hydrogen) atoms. The molecule has 0 aromatic heterocycles. The summed E-state index contributed by atoms with van der Waals surface area (Å²) in [5.74, 6) is 0.947. The Labute approximate surface area is 113 Å². The maximum absolute atomic E-state index is 9.34. The van der Waals surface area contributed by atoms with Crippen molar-refractivity contribution in [2.45, 2.75) is 25.2 Å². The number of nitriles is 2. The molecule has 0 aliphatic rings. The minimum absolute atomic E-state index is 0.476. The summed E-state index contributed by atoms with van der Waals surface area (Å²) in [7, 11) is 0. The fraction of sp³-hybridized carbons (Fsp3) is 0.429. The Bertz CT molecular complexity index is 471. The lowest BCUT2D eigenvalue weighted by molar-refractivity contribution is 0.824. The first kappa shape index (κ1) is 14.4. The molecule has 0 unspecified atom stereocenters. The molecule has 1 aromatic rings. The summed E-state index contributed by atoms with van der Waals surface area (Å²) < 4.78 is 0. The third-order valence-corrected chi connectivity index (χ3v) is 3.57. The van der Waals surface area contributed by atoms with Gasteiger partial charge in [-0.05, 0) is 24.8 Å². The van der Waals surface area contributed by atoms with Crippen molar-refractivity contribution in [3.8, 4) is 12.1 Å². The number of anilines is 1. The zero-order chi connectivity index (χ0) is 13.4. The lowest BCUT2D eigenvalue weighted by Crippen LogP contribution is -2.24. The van der Waals surface area contributed by atoms with Crippen molar-refractivity contribution in [3.63, 3.8) is 0 Å². The Morgan fingerprint density at radius 1 is 1.28 bits per heavy atom. The van der Waals surface area contributed by atoms with Crippen molar-refractivity contribution in [1.29, 1.82) is 10.5 Å². The number of rotatable bonds is 6. The van der Waals surface area contributed by atoms with Crippen LogP contribution in [0.15, 0.2) is 23.1 Å². The Kier molecular flexibility index (Phi) is 6.11. The molecule has 3 nitrogen and oxygen atoms in total. The largest absolute Gasteiger partial charge is 0.370 e. The monoisotopic (exact) mass is 259 g/mol. The van der Waals surface area contributed by atoms with E-state index in [4.69, 9.17) is 5.26 Å². The Morgan fingerprint density at radius 3 is 2.61 bits per heavy atom. The number of benzene rings is 1. The molecular formula is C14H17N3S. The van der Waals surface area contributed by atoms with Gasteiger partial charge in [0.1, 0.15) is 6.07 Å². The van der Waals surface area contributed by atoms with Gasteiger partial charge in [-0.25, -0.2) is 0 Å². The molecule has 0 heterocycles. The van der Waals surface area contributed by atoms with Crippen LogP contribution in [-0.4, -0.2) is 18.8 Å². The van der Waals surface area contributed by atoms with Crippen LogP contribution in [-0.2, 0) is 0 Å². The van der Waals surface area contributed by atoms with Crippen LogP contribution in [0.1, 0.15) is 25.8 Å². The van der Waals surface area contributed by atoms with Crippen molar-refractivity contribution >= 4 is 17.4 Å². The highest BCUT2D eigenvalue weighted by Gasteiger charge is 2.13. The molecule has 0 spiro atoms.